The Labute approximate surface area is 126 Å². The summed E-state index contributed by atoms with van der Waals surface area (Å²) < 4.78 is 39.7. The van der Waals surface area contributed by atoms with Crippen molar-refractivity contribution in [2.45, 2.75) is 18.6 Å². The van der Waals surface area contributed by atoms with Crippen LogP contribution in [0.2, 0.25) is 0 Å². The number of nitrogens with one attached hydrogen (secondary N) is 1. The average molecular weight is 366 g/mol. The van der Waals surface area contributed by atoms with Crippen molar-refractivity contribution in [1.82, 2.24) is 10.4 Å². The highest BCUT2D eigenvalue weighted by molar-refractivity contribution is 9.10. The van der Waals surface area contributed by atoms with Gasteiger partial charge in [0.15, 0.2) is 0 Å². The van der Waals surface area contributed by atoms with Crippen molar-refractivity contribution in [1.29, 1.82) is 0 Å². The first-order valence-electron chi connectivity index (χ1n) is 5.62. The summed E-state index contributed by atoms with van der Waals surface area (Å²) in [5.74, 6) is 5.43. The van der Waals surface area contributed by atoms with E-state index in [2.05, 4.69) is 26.3 Å². The molecule has 8 heteroatoms. The molecule has 0 aliphatic carbocycles. The number of rotatable bonds is 4. The highest BCUT2D eigenvalue weighted by Gasteiger charge is 2.35. The molecular weight excluding hydrogens is 355 g/mol. The quantitative estimate of drug-likeness (QED) is 0.641. The van der Waals surface area contributed by atoms with Gasteiger partial charge in [0.2, 0.25) is 0 Å². The van der Waals surface area contributed by atoms with Gasteiger partial charge in [0.25, 0.3) is 0 Å². The Morgan fingerprint density at radius 2 is 2.15 bits per heavy atom. The molecule has 20 heavy (non-hydrogen) atoms. The molecule has 0 saturated heterocycles. The topological polar surface area (TPSA) is 50.9 Å². The predicted molar refractivity (Wildman–Crippen MR) is 75.0 cm³/mol. The van der Waals surface area contributed by atoms with E-state index in [1.165, 1.54) is 17.4 Å². The van der Waals surface area contributed by atoms with Crippen molar-refractivity contribution in [2.24, 2.45) is 5.84 Å². The molecule has 0 fully saturated rings. The molecule has 0 amide bonds. The number of benzene rings is 1. The fraction of sp³-hybridized carbons (Fsp3) is 0.250. The van der Waals surface area contributed by atoms with Crippen LogP contribution >= 0.6 is 27.3 Å². The molecular formula is C12H11BrF3N3S. The lowest BCUT2D eigenvalue weighted by Gasteiger charge is -2.21. The van der Waals surface area contributed by atoms with Crippen molar-refractivity contribution >= 4 is 27.3 Å². The van der Waals surface area contributed by atoms with E-state index >= 15 is 0 Å². The maximum absolute atomic E-state index is 13.1. The Morgan fingerprint density at radius 1 is 1.40 bits per heavy atom. The Kier molecular flexibility index (Phi) is 4.79. The molecule has 0 radical (unpaired) electrons. The smallest absolute Gasteiger partial charge is 0.271 e. The molecule has 1 heterocycles. The van der Waals surface area contributed by atoms with E-state index in [1.54, 1.807) is 17.8 Å². The molecule has 1 aromatic heterocycles. The van der Waals surface area contributed by atoms with Gasteiger partial charge in [0, 0.05) is 22.0 Å². The van der Waals surface area contributed by atoms with Crippen LogP contribution in [0.25, 0.3) is 0 Å². The molecule has 0 aliphatic rings. The van der Waals surface area contributed by atoms with Crippen LogP contribution in [0.5, 0.6) is 0 Å². The Bertz CT molecular complexity index is 572. The Morgan fingerprint density at radius 3 is 2.70 bits per heavy atom. The monoisotopic (exact) mass is 365 g/mol. The summed E-state index contributed by atoms with van der Waals surface area (Å²) in [4.78, 5) is 4.77. The SMILES string of the molecule is NNC(Cc1cncs1)c1ccc(Br)cc1C(F)(F)F. The number of thiazole rings is 1. The standard InChI is InChI=1S/C12H11BrF3N3S/c13-7-1-2-9(10(3-7)12(14,15)16)11(19-17)4-8-5-18-6-20-8/h1-3,5-6,11,19H,4,17H2. The first-order valence-corrected chi connectivity index (χ1v) is 7.29. The largest absolute Gasteiger partial charge is 0.416 e. The molecule has 108 valence electrons. The molecule has 1 atom stereocenters. The summed E-state index contributed by atoms with van der Waals surface area (Å²) in [7, 11) is 0. The van der Waals surface area contributed by atoms with Gasteiger partial charge < -0.3 is 0 Å². The van der Waals surface area contributed by atoms with Gasteiger partial charge in [0.05, 0.1) is 17.1 Å². The van der Waals surface area contributed by atoms with Crippen LogP contribution < -0.4 is 11.3 Å². The Hall–Kier alpha value is -0.960. The minimum atomic E-state index is -4.43. The number of alkyl halides is 3. The second-order valence-electron chi connectivity index (χ2n) is 4.12. The van der Waals surface area contributed by atoms with E-state index in [4.69, 9.17) is 5.84 Å². The number of hydrogen-bond acceptors (Lipinski definition) is 4. The van der Waals surface area contributed by atoms with Crippen molar-refractivity contribution in [3.8, 4) is 0 Å². The first-order chi connectivity index (χ1) is 9.41. The highest BCUT2D eigenvalue weighted by atomic mass is 79.9. The third-order valence-corrected chi connectivity index (χ3v) is 4.08. The van der Waals surface area contributed by atoms with Crippen LogP contribution in [0.15, 0.2) is 34.4 Å². The normalized spacial score (nSPS) is 13.4. The van der Waals surface area contributed by atoms with Gasteiger partial charge in [-0.2, -0.15) is 13.2 Å². The van der Waals surface area contributed by atoms with Gasteiger partial charge in [-0.3, -0.25) is 16.3 Å². The number of hydrogen-bond donors (Lipinski definition) is 2. The first kappa shape index (κ1) is 15.4. The maximum Gasteiger partial charge on any atom is 0.416 e. The third kappa shape index (κ3) is 3.57. The number of aromatic nitrogens is 1. The summed E-state index contributed by atoms with van der Waals surface area (Å²) in [5.41, 5.74) is 3.51. The summed E-state index contributed by atoms with van der Waals surface area (Å²) in [6.45, 7) is 0. The fourth-order valence-electron chi connectivity index (χ4n) is 1.88. The van der Waals surface area contributed by atoms with Gasteiger partial charge in [-0.25, -0.2) is 0 Å². The van der Waals surface area contributed by atoms with Crippen molar-refractivity contribution in [3.63, 3.8) is 0 Å². The maximum atomic E-state index is 13.1. The minimum absolute atomic E-state index is 0.122. The van der Waals surface area contributed by atoms with Gasteiger partial charge >= 0.3 is 6.18 Å². The molecule has 0 bridgehead atoms. The summed E-state index contributed by atoms with van der Waals surface area (Å²) >= 11 is 4.44. The van der Waals surface area contributed by atoms with Crippen LogP contribution in [-0.4, -0.2) is 4.98 Å². The zero-order valence-corrected chi connectivity index (χ0v) is 12.5. The van der Waals surface area contributed by atoms with E-state index in [0.717, 1.165) is 10.9 Å². The molecule has 2 rings (SSSR count). The molecule has 0 saturated carbocycles. The summed E-state index contributed by atoms with van der Waals surface area (Å²) in [6.07, 6.45) is -2.45. The number of halogens is 4. The van der Waals surface area contributed by atoms with Gasteiger partial charge in [-0.05, 0) is 17.7 Å². The molecule has 2 aromatic rings. The summed E-state index contributed by atoms with van der Waals surface area (Å²) in [5, 5.41) is 0. The van der Waals surface area contributed by atoms with E-state index in [0.29, 0.717) is 10.9 Å². The van der Waals surface area contributed by atoms with Crippen LogP contribution in [0.4, 0.5) is 13.2 Å². The zero-order chi connectivity index (χ0) is 14.8. The average Bonchev–Trinajstić information content (AvgIpc) is 2.88. The third-order valence-electron chi connectivity index (χ3n) is 2.79. The second-order valence-corrected chi connectivity index (χ2v) is 6.01. The number of hydrazine groups is 1. The number of nitrogens with zero attached hydrogens (tertiary/aromatic N) is 1. The molecule has 1 aromatic carbocycles. The highest BCUT2D eigenvalue weighted by Crippen LogP contribution is 2.37. The predicted octanol–water partition coefficient (Wildman–Crippen LogP) is 3.67. The number of nitrogens with two attached hydrogens (primary N) is 1. The van der Waals surface area contributed by atoms with Gasteiger partial charge in [-0.15, -0.1) is 11.3 Å². The van der Waals surface area contributed by atoms with E-state index in [1.807, 2.05) is 0 Å². The molecule has 0 spiro atoms. The lowest BCUT2D eigenvalue weighted by molar-refractivity contribution is -0.138. The van der Waals surface area contributed by atoms with Crippen molar-refractivity contribution in [2.75, 3.05) is 0 Å². The molecule has 3 nitrogen and oxygen atoms in total. The lowest BCUT2D eigenvalue weighted by atomic mass is 9.97. The van der Waals surface area contributed by atoms with E-state index < -0.39 is 17.8 Å². The van der Waals surface area contributed by atoms with E-state index in [-0.39, 0.29) is 5.56 Å². The van der Waals surface area contributed by atoms with Crippen molar-refractivity contribution in [3.05, 3.63) is 50.4 Å². The van der Waals surface area contributed by atoms with Gasteiger partial charge in [0.1, 0.15) is 0 Å². The Balaban J connectivity index is 2.38. The van der Waals surface area contributed by atoms with Gasteiger partial charge in [-0.1, -0.05) is 22.0 Å². The van der Waals surface area contributed by atoms with Crippen LogP contribution in [0.1, 0.15) is 22.0 Å². The molecule has 0 aliphatic heterocycles. The zero-order valence-electron chi connectivity index (χ0n) is 10.1. The summed E-state index contributed by atoms with van der Waals surface area (Å²) in [6, 6.07) is 3.44. The lowest BCUT2D eigenvalue weighted by Crippen LogP contribution is -2.31. The fourth-order valence-corrected chi connectivity index (χ4v) is 2.88. The van der Waals surface area contributed by atoms with Crippen LogP contribution in [0.3, 0.4) is 0 Å². The van der Waals surface area contributed by atoms with Crippen LogP contribution in [-0.2, 0) is 12.6 Å². The molecule has 1 unspecified atom stereocenters. The molecule has 3 N–H and O–H groups in total. The van der Waals surface area contributed by atoms with E-state index in [9.17, 15) is 13.2 Å². The second kappa shape index (κ2) is 6.21. The van der Waals surface area contributed by atoms with Crippen LogP contribution in [0, 0.1) is 0 Å². The van der Waals surface area contributed by atoms with Crippen molar-refractivity contribution < 1.29 is 13.2 Å². The minimum Gasteiger partial charge on any atom is -0.271 e.